The van der Waals surface area contributed by atoms with Crippen molar-refractivity contribution in [3.63, 3.8) is 0 Å². The SMILES string of the molecule is COc1ccc(C2CCCN2C(=O)CSC(c2ccccc2)c2ccccc2)cc1OC. The Morgan fingerprint density at radius 3 is 2.16 bits per heavy atom. The average Bonchev–Trinajstić information content (AvgIpc) is 3.35. The Hall–Kier alpha value is -2.92. The summed E-state index contributed by atoms with van der Waals surface area (Å²) >= 11 is 1.70. The molecular weight excluding hydrogens is 418 g/mol. The van der Waals surface area contributed by atoms with Crippen molar-refractivity contribution in [3.8, 4) is 11.5 Å². The van der Waals surface area contributed by atoms with Crippen LogP contribution in [0.4, 0.5) is 0 Å². The summed E-state index contributed by atoms with van der Waals surface area (Å²) in [7, 11) is 3.28. The van der Waals surface area contributed by atoms with E-state index < -0.39 is 0 Å². The number of thioether (sulfide) groups is 1. The van der Waals surface area contributed by atoms with Crippen LogP contribution in [0.15, 0.2) is 78.9 Å². The third-order valence-electron chi connectivity index (χ3n) is 5.94. The van der Waals surface area contributed by atoms with Crippen LogP contribution in [-0.4, -0.2) is 37.3 Å². The van der Waals surface area contributed by atoms with Gasteiger partial charge in [-0.05, 0) is 41.7 Å². The van der Waals surface area contributed by atoms with Crippen LogP contribution in [0.25, 0.3) is 0 Å². The van der Waals surface area contributed by atoms with Gasteiger partial charge in [0, 0.05) is 6.54 Å². The molecule has 1 fully saturated rings. The van der Waals surface area contributed by atoms with Crippen LogP contribution in [-0.2, 0) is 4.79 Å². The van der Waals surface area contributed by atoms with Gasteiger partial charge >= 0.3 is 0 Å². The molecule has 1 heterocycles. The van der Waals surface area contributed by atoms with E-state index in [1.807, 2.05) is 35.2 Å². The molecule has 0 radical (unpaired) electrons. The Morgan fingerprint density at radius 2 is 1.56 bits per heavy atom. The van der Waals surface area contributed by atoms with Crippen molar-refractivity contribution in [1.29, 1.82) is 0 Å². The fraction of sp³-hybridized carbons (Fsp3) is 0.296. The topological polar surface area (TPSA) is 38.8 Å². The predicted molar refractivity (Wildman–Crippen MR) is 130 cm³/mol. The molecule has 3 aromatic rings. The Kier molecular flexibility index (Phi) is 7.38. The lowest BCUT2D eigenvalue weighted by Gasteiger charge is -2.27. The molecule has 0 aliphatic carbocycles. The number of methoxy groups -OCH3 is 2. The minimum absolute atomic E-state index is 0.0785. The van der Waals surface area contributed by atoms with Crippen molar-refractivity contribution in [1.82, 2.24) is 4.90 Å². The van der Waals surface area contributed by atoms with Crippen molar-refractivity contribution in [3.05, 3.63) is 95.6 Å². The summed E-state index contributed by atoms with van der Waals surface area (Å²) in [5, 5.41) is 0.128. The second kappa shape index (κ2) is 10.6. The maximum Gasteiger partial charge on any atom is 0.233 e. The van der Waals surface area contributed by atoms with E-state index in [1.165, 1.54) is 11.1 Å². The zero-order chi connectivity index (χ0) is 22.3. The van der Waals surface area contributed by atoms with Gasteiger partial charge in [-0.2, -0.15) is 0 Å². The molecule has 166 valence electrons. The third-order valence-corrected chi connectivity index (χ3v) is 7.23. The molecule has 1 aliphatic heterocycles. The molecule has 0 saturated carbocycles. The first-order valence-electron chi connectivity index (χ1n) is 10.9. The van der Waals surface area contributed by atoms with E-state index in [2.05, 4.69) is 48.5 Å². The van der Waals surface area contributed by atoms with Crippen molar-refractivity contribution < 1.29 is 14.3 Å². The Balaban J connectivity index is 1.50. The number of amides is 1. The lowest BCUT2D eigenvalue weighted by Crippen LogP contribution is -2.32. The molecular formula is C27H29NO3S. The van der Waals surface area contributed by atoms with E-state index in [-0.39, 0.29) is 17.2 Å². The maximum atomic E-state index is 13.3. The smallest absolute Gasteiger partial charge is 0.233 e. The molecule has 4 nitrogen and oxygen atoms in total. The monoisotopic (exact) mass is 447 g/mol. The van der Waals surface area contributed by atoms with Crippen molar-refractivity contribution >= 4 is 17.7 Å². The highest BCUT2D eigenvalue weighted by Gasteiger charge is 2.31. The first-order valence-corrected chi connectivity index (χ1v) is 12.0. The molecule has 1 saturated heterocycles. The Morgan fingerprint density at radius 1 is 0.938 bits per heavy atom. The van der Waals surface area contributed by atoms with Gasteiger partial charge in [-0.1, -0.05) is 66.7 Å². The van der Waals surface area contributed by atoms with Gasteiger partial charge in [-0.25, -0.2) is 0 Å². The van der Waals surface area contributed by atoms with Crippen LogP contribution in [0.3, 0.4) is 0 Å². The molecule has 3 aromatic carbocycles. The molecule has 0 spiro atoms. The van der Waals surface area contributed by atoms with Gasteiger partial charge in [0.2, 0.25) is 5.91 Å². The number of hydrogen-bond acceptors (Lipinski definition) is 4. The number of rotatable bonds is 8. The first-order chi connectivity index (χ1) is 15.7. The van der Waals surface area contributed by atoms with Gasteiger partial charge in [0.1, 0.15) is 0 Å². The normalized spacial score (nSPS) is 15.7. The highest BCUT2D eigenvalue weighted by atomic mass is 32.2. The van der Waals surface area contributed by atoms with Crippen molar-refractivity contribution in [2.75, 3.05) is 26.5 Å². The molecule has 1 aliphatic rings. The van der Waals surface area contributed by atoms with E-state index in [4.69, 9.17) is 9.47 Å². The number of nitrogens with zero attached hydrogens (tertiary/aromatic N) is 1. The van der Waals surface area contributed by atoms with Crippen molar-refractivity contribution in [2.45, 2.75) is 24.1 Å². The summed E-state index contributed by atoms with van der Waals surface area (Å²) in [5.41, 5.74) is 3.53. The predicted octanol–water partition coefficient (Wildman–Crippen LogP) is 5.89. The molecule has 0 aromatic heterocycles. The molecule has 0 bridgehead atoms. The summed E-state index contributed by atoms with van der Waals surface area (Å²) in [5.74, 6) is 2.03. The van der Waals surface area contributed by atoms with Gasteiger partial charge in [0.05, 0.1) is 31.3 Å². The summed E-state index contributed by atoms with van der Waals surface area (Å²) in [6.45, 7) is 0.791. The van der Waals surface area contributed by atoms with E-state index in [9.17, 15) is 4.79 Å². The second-order valence-electron chi connectivity index (χ2n) is 7.87. The average molecular weight is 448 g/mol. The molecule has 1 amide bonds. The first kappa shape index (κ1) is 22.3. The number of carbonyl (C=O) groups is 1. The highest BCUT2D eigenvalue weighted by Crippen LogP contribution is 2.39. The number of benzene rings is 3. The number of hydrogen-bond donors (Lipinski definition) is 0. The molecule has 4 rings (SSSR count). The molecule has 32 heavy (non-hydrogen) atoms. The fourth-order valence-electron chi connectivity index (χ4n) is 4.35. The quantitative estimate of drug-likeness (QED) is 0.432. The standard InChI is InChI=1S/C27H29NO3S/c1-30-24-16-15-22(18-25(24)31-2)23-14-9-17-28(23)26(29)19-32-27(20-10-5-3-6-11-20)21-12-7-4-8-13-21/h3-8,10-13,15-16,18,23,27H,9,14,17,19H2,1-2H3. The Labute approximate surface area is 194 Å². The molecule has 1 unspecified atom stereocenters. The van der Waals surface area contributed by atoms with Gasteiger partial charge < -0.3 is 14.4 Å². The zero-order valence-corrected chi connectivity index (χ0v) is 19.4. The molecule has 0 N–H and O–H groups in total. The molecule has 5 heteroatoms. The van der Waals surface area contributed by atoms with Crippen molar-refractivity contribution in [2.24, 2.45) is 0 Å². The second-order valence-corrected chi connectivity index (χ2v) is 8.97. The zero-order valence-electron chi connectivity index (χ0n) is 18.6. The lowest BCUT2D eigenvalue weighted by atomic mass is 10.0. The summed E-state index contributed by atoms with van der Waals surface area (Å²) in [6, 6.07) is 26.9. The number of likely N-dealkylation sites (tertiary alicyclic amines) is 1. The van der Waals surface area contributed by atoms with Gasteiger partial charge in [0.15, 0.2) is 11.5 Å². The van der Waals surface area contributed by atoms with Gasteiger partial charge in [-0.15, -0.1) is 11.8 Å². The van der Waals surface area contributed by atoms with E-state index in [0.717, 1.165) is 24.9 Å². The fourth-order valence-corrected chi connectivity index (χ4v) is 5.52. The van der Waals surface area contributed by atoms with Crippen LogP contribution >= 0.6 is 11.8 Å². The van der Waals surface area contributed by atoms with Gasteiger partial charge in [-0.3, -0.25) is 4.79 Å². The van der Waals surface area contributed by atoms with E-state index in [1.54, 1.807) is 26.0 Å². The van der Waals surface area contributed by atoms with Crippen LogP contribution in [0.1, 0.15) is 40.8 Å². The number of ether oxygens (including phenoxy) is 2. The summed E-state index contributed by atoms with van der Waals surface area (Å²) in [6.07, 6.45) is 1.98. The van der Waals surface area contributed by atoms with E-state index >= 15 is 0 Å². The number of carbonyl (C=O) groups excluding carboxylic acids is 1. The minimum Gasteiger partial charge on any atom is -0.493 e. The third kappa shape index (κ3) is 4.94. The van der Waals surface area contributed by atoms with Crippen LogP contribution in [0, 0.1) is 0 Å². The van der Waals surface area contributed by atoms with Gasteiger partial charge in [0.25, 0.3) is 0 Å². The van der Waals surface area contributed by atoms with E-state index in [0.29, 0.717) is 17.3 Å². The highest BCUT2D eigenvalue weighted by molar-refractivity contribution is 8.00. The largest absolute Gasteiger partial charge is 0.493 e. The van der Waals surface area contributed by atoms with Crippen LogP contribution < -0.4 is 9.47 Å². The minimum atomic E-state index is 0.0785. The summed E-state index contributed by atoms with van der Waals surface area (Å²) in [4.78, 5) is 15.4. The maximum absolute atomic E-state index is 13.3. The lowest BCUT2D eigenvalue weighted by molar-refractivity contribution is -0.129. The summed E-state index contributed by atoms with van der Waals surface area (Å²) < 4.78 is 10.8. The molecule has 1 atom stereocenters. The van der Waals surface area contributed by atoms with Crippen LogP contribution in [0.5, 0.6) is 11.5 Å². The Bertz CT molecular complexity index is 986. The van der Waals surface area contributed by atoms with Crippen LogP contribution in [0.2, 0.25) is 0 Å².